The third-order valence-electron chi connectivity index (χ3n) is 2.26. The molecule has 1 aliphatic carbocycles. The van der Waals surface area contributed by atoms with E-state index in [0.717, 1.165) is 11.2 Å². The van der Waals surface area contributed by atoms with E-state index in [-0.39, 0.29) is 0 Å². The first-order chi connectivity index (χ1) is 5.47. The van der Waals surface area contributed by atoms with Gasteiger partial charge in [0.25, 0.3) is 0 Å². The van der Waals surface area contributed by atoms with Crippen molar-refractivity contribution in [1.82, 2.24) is 0 Å². The first-order valence-electron chi connectivity index (χ1n) is 4.75. The van der Waals surface area contributed by atoms with E-state index >= 15 is 0 Å². The summed E-state index contributed by atoms with van der Waals surface area (Å²) < 4.78 is 0. The molecule has 1 saturated heterocycles. The molecule has 0 nitrogen and oxygen atoms in total. The van der Waals surface area contributed by atoms with Crippen LogP contribution in [0, 0.1) is 5.92 Å². The summed E-state index contributed by atoms with van der Waals surface area (Å²) in [7, 11) is 0. The van der Waals surface area contributed by atoms with E-state index in [1.807, 2.05) is 13.8 Å². The fourth-order valence-electron chi connectivity index (χ4n) is 1.71. The molecule has 0 amide bonds. The van der Waals surface area contributed by atoms with Crippen molar-refractivity contribution in [3.8, 4) is 0 Å². The standard InChI is InChI=1S/C8H12S.C2H6/c1-2-4-8-7(3-1)5-6-9-8;1-2/h1,3,7-8H,2,4-6H2;1-2H3. The number of hydrogen-bond donors (Lipinski definition) is 0. The monoisotopic (exact) mass is 170 g/mol. The van der Waals surface area contributed by atoms with E-state index in [1.165, 1.54) is 25.0 Å². The lowest BCUT2D eigenvalue weighted by Crippen LogP contribution is -2.11. The van der Waals surface area contributed by atoms with Gasteiger partial charge in [0.1, 0.15) is 0 Å². The van der Waals surface area contributed by atoms with Crippen molar-refractivity contribution >= 4 is 11.8 Å². The molecule has 1 fully saturated rings. The SMILES string of the molecule is C1=CC2CCSC2CC1.CC. The van der Waals surface area contributed by atoms with Gasteiger partial charge in [-0.15, -0.1) is 0 Å². The van der Waals surface area contributed by atoms with Crippen LogP contribution in [0.25, 0.3) is 0 Å². The van der Waals surface area contributed by atoms with Crippen LogP contribution in [0.4, 0.5) is 0 Å². The van der Waals surface area contributed by atoms with Crippen molar-refractivity contribution in [1.29, 1.82) is 0 Å². The molecule has 1 aliphatic heterocycles. The normalized spacial score (nSPS) is 34.0. The second-order valence-corrected chi connectivity index (χ2v) is 4.21. The zero-order valence-corrected chi connectivity index (χ0v) is 8.36. The fourth-order valence-corrected chi connectivity index (χ4v) is 3.20. The number of fused-ring (bicyclic) bond motifs is 1. The van der Waals surface area contributed by atoms with Crippen molar-refractivity contribution in [3.63, 3.8) is 0 Å². The predicted octanol–water partition coefficient (Wildman–Crippen LogP) is 3.48. The van der Waals surface area contributed by atoms with Crippen LogP contribution in [-0.2, 0) is 0 Å². The van der Waals surface area contributed by atoms with Gasteiger partial charge in [-0.1, -0.05) is 26.0 Å². The van der Waals surface area contributed by atoms with Gasteiger partial charge in [-0.25, -0.2) is 0 Å². The van der Waals surface area contributed by atoms with Crippen LogP contribution in [0.5, 0.6) is 0 Å². The first kappa shape index (κ1) is 9.18. The van der Waals surface area contributed by atoms with Crippen LogP contribution >= 0.6 is 11.8 Å². The highest BCUT2D eigenvalue weighted by atomic mass is 32.2. The maximum Gasteiger partial charge on any atom is 0.0113 e. The highest BCUT2D eigenvalue weighted by Crippen LogP contribution is 2.38. The molecule has 1 heteroatoms. The van der Waals surface area contributed by atoms with Crippen molar-refractivity contribution in [2.75, 3.05) is 5.75 Å². The molecule has 64 valence electrons. The smallest absolute Gasteiger partial charge is 0.0113 e. The molecule has 0 N–H and O–H groups in total. The molecule has 2 unspecified atom stereocenters. The summed E-state index contributed by atoms with van der Waals surface area (Å²) in [6.45, 7) is 4.00. The minimum atomic E-state index is 0.948. The van der Waals surface area contributed by atoms with Gasteiger partial charge in [0.2, 0.25) is 0 Å². The molecule has 11 heavy (non-hydrogen) atoms. The Kier molecular flexibility index (Phi) is 4.06. The van der Waals surface area contributed by atoms with Gasteiger partial charge in [-0.3, -0.25) is 0 Å². The maximum atomic E-state index is 2.42. The van der Waals surface area contributed by atoms with Crippen LogP contribution in [-0.4, -0.2) is 11.0 Å². The summed E-state index contributed by atoms with van der Waals surface area (Å²) in [5.41, 5.74) is 0. The third-order valence-corrected chi connectivity index (χ3v) is 3.75. The Bertz CT molecular complexity index is 129. The summed E-state index contributed by atoms with van der Waals surface area (Å²) >= 11 is 2.18. The minimum Gasteiger partial charge on any atom is -0.158 e. The van der Waals surface area contributed by atoms with Crippen LogP contribution < -0.4 is 0 Å². The van der Waals surface area contributed by atoms with Crippen molar-refractivity contribution < 1.29 is 0 Å². The zero-order chi connectivity index (χ0) is 8.10. The molecule has 0 bridgehead atoms. The molecule has 2 aliphatic rings. The summed E-state index contributed by atoms with van der Waals surface area (Å²) in [6, 6.07) is 0. The molecule has 0 radical (unpaired) electrons. The molecular formula is C10H18S. The van der Waals surface area contributed by atoms with Gasteiger partial charge < -0.3 is 0 Å². The predicted molar refractivity (Wildman–Crippen MR) is 54.1 cm³/mol. The molecule has 2 rings (SSSR count). The highest BCUT2D eigenvalue weighted by Gasteiger charge is 2.26. The van der Waals surface area contributed by atoms with Gasteiger partial charge in [0, 0.05) is 5.25 Å². The second kappa shape index (κ2) is 4.87. The van der Waals surface area contributed by atoms with Crippen LogP contribution in [0.2, 0.25) is 0 Å². The van der Waals surface area contributed by atoms with Crippen molar-refractivity contribution in [2.24, 2.45) is 5.92 Å². The van der Waals surface area contributed by atoms with E-state index in [1.54, 1.807) is 0 Å². The topological polar surface area (TPSA) is 0 Å². The van der Waals surface area contributed by atoms with Crippen molar-refractivity contribution in [3.05, 3.63) is 12.2 Å². The molecule has 1 heterocycles. The van der Waals surface area contributed by atoms with Crippen LogP contribution in [0.1, 0.15) is 33.1 Å². The molecular weight excluding hydrogens is 152 g/mol. The molecule has 0 aromatic rings. The average Bonchev–Trinajstić information content (AvgIpc) is 2.55. The van der Waals surface area contributed by atoms with E-state index in [9.17, 15) is 0 Å². The minimum absolute atomic E-state index is 0.948. The highest BCUT2D eigenvalue weighted by molar-refractivity contribution is 8.00. The summed E-state index contributed by atoms with van der Waals surface area (Å²) in [6.07, 6.45) is 8.98. The van der Waals surface area contributed by atoms with Gasteiger partial charge in [0.15, 0.2) is 0 Å². The summed E-state index contributed by atoms with van der Waals surface area (Å²) in [5.74, 6) is 2.35. The number of rotatable bonds is 0. The fraction of sp³-hybridized carbons (Fsp3) is 0.800. The maximum absolute atomic E-state index is 2.42. The summed E-state index contributed by atoms with van der Waals surface area (Å²) in [5, 5.41) is 0.995. The van der Waals surface area contributed by atoms with Gasteiger partial charge in [-0.2, -0.15) is 11.8 Å². The molecule has 0 saturated carbocycles. The van der Waals surface area contributed by atoms with Crippen LogP contribution in [0.15, 0.2) is 12.2 Å². The van der Waals surface area contributed by atoms with E-state index in [2.05, 4.69) is 23.9 Å². The zero-order valence-electron chi connectivity index (χ0n) is 7.55. The Morgan fingerprint density at radius 2 is 2.09 bits per heavy atom. The van der Waals surface area contributed by atoms with Gasteiger partial charge in [0.05, 0.1) is 0 Å². The lowest BCUT2D eigenvalue weighted by Gasteiger charge is -2.17. The largest absolute Gasteiger partial charge is 0.158 e. The number of allylic oxidation sites excluding steroid dienone is 2. The van der Waals surface area contributed by atoms with Gasteiger partial charge in [-0.05, 0) is 30.9 Å². The molecule has 0 spiro atoms. The Morgan fingerprint density at radius 3 is 2.82 bits per heavy atom. The average molecular weight is 170 g/mol. The molecule has 0 aromatic carbocycles. The van der Waals surface area contributed by atoms with Gasteiger partial charge >= 0.3 is 0 Å². The quantitative estimate of drug-likeness (QED) is 0.501. The lowest BCUT2D eigenvalue weighted by atomic mass is 9.94. The Balaban J connectivity index is 0.000000281. The first-order valence-corrected chi connectivity index (χ1v) is 5.80. The van der Waals surface area contributed by atoms with Crippen molar-refractivity contribution in [2.45, 2.75) is 38.4 Å². The Labute approximate surface area is 74.5 Å². The molecule has 2 atom stereocenters. The third kappa shape index (κ3) is 2.26. The summed E-state index contributed by atoms with van der Waals surface area (Å²) in [4.78, 5) is 0. The van der Waals surface area contributed by atoms with Crippen LogP contribution in [0.3, 0.4) is 0 Å². The Morgan fingerprint density at radius 1 is 1.27 bits per heavy atom. The number of thioether (sulfide) groups is 1. The van der Waals surface area contributed by atoms with E-state index < -0.39 is 0 Å². The van der Waals surface area contributed by atoms with E-state index in [4.69, 9.17) is 0 Å². The second-order valence-electron chi connectivity index (χ2n) is 2.87. The van der Waals surface area contributed by atoms with E-state index in [0.29, 0.717) is 0 Å². The Hall–Kier alpha value is 0.0900. The lowest BCUT2D eigenvalue weighted by molar-refractivity contribution is 0.572. The number of hydrogen-bond acceptors (Lipinski definition) is 1. The molecule has 0 aromatic heterocycles.